The van der Waals surface area contributed by atoms with Crippen LogP contribution in [0.1, 0.15) is 74.6 Å². The van der Waals surface area contributed by atoms with Gasteiger partial charge < -0.3 is 0 Å². The van der Waals surface area contributed by atoms with E-state index in [9.17, 15) is 0 Å². The SMILES string of the molecule is CC(c1ccc(C(C)(C)C)cc1)C1CCCc2ccccc21. The molecule has 0 nitrogen and oxygen atoms in total. The first kappa shape index (κ1) is 15.3. The van der Waals surface area contributed by atoms with Crippen LogP contribution in [-0.4, -0.2) is 0 Å². The van der Waals surface area contributed by atoms with Gasteiger partial charge in [-0.05, 0) is 58.8 Å². The molecular weight excluding hydrogens is 264 g/mol. The second-order valence-corrected chi connectivity index (χ2v) is 7.86. The monoisotopic (exact) mass is 292 g/mol. The standard InChI is InChI=1S/C22H28/c1-16(17-12-14-19(15-13-17)22(2,3)4)20-11-7-9-18-8-5-6-10-21(18)20/h5-6,8,10,12-16,20H,7,9,11H2,1-4H3. The van der Waals surface area contributed by atoms with Crippen LogP contribution in [0.2, 0.25) is 0 Å². The minimum absolute atomic E-state index is 0.235. The van der Waals surface area contributed by atoms with Crippen LogP contribution in [0.5, 0.6) is 0 Å². The van der Waals surface area contributed by atoms with Crippen molar-refractivity contribution < 1.29 is 0 Å². The molecule has 0 heterocycles. The van der Waals surface area contributed by atoms with Crippen LogP contribution >= 0.6 is 0 Å². The average Bonchev–Trinajstić information content (AvgIpc) is 2.53. The molecule has 0 saturated carbocycles. The summed E-state index contributed by atoms with van der Waals surface area (Å²) in [6, 6.07) is 18.4. The first-order valence-corrected chi connectivity index (χ1v) is 8.65. The van der Waals surface area contributed by atoms with Gasteiger partial charge in [0.15, 0.2) is 0 Å². The van der Waals surface area contributed by atoms with Crippen LogP contribution in [0, 0.1) is 0 Å². The zero-order chi connectivity index (χ0) is 15.7. The van der Waals surface area contributed by atoms with E-state index in [-0.39, 0.29) is 5.41 Å². The van der Waals surface area contributed by atoms with Gasteiger partial charge in [0.1, 0.15) is 0 Å². The molecule has 0 amide bonds. The Balaban J connectivity index is 1.87. The molecule has 22 heavy (non-hydrogen) atoms. The third-order valence-electron chi connectivity index (χ3n) is 5.32. The number of benzene rings is 2. The maximum absolute atomic E-state index is 2.40. The lowest BCUT2D eigenvalue weighted by Crippen LogP contribution is -2.16. The molecule has 1 aliphatic carbocycles. The van der Waals surface area contributed by atoms with Crippen LogP contribution in [0.25, 0.3) is 0 Å². The average molecular weight is 292 g/mol. The topological polar surface area (TPSA) is 0 Å². The van der Waals surface area contributed by atoms with E-state index in [1.165, 1.54) is 30.4 Å². The van der Waals surface area contributed by atoms with Gasteiger partial charge in [-0.2, -0.15) is 0 Å². The molecule has 2 unspecified atom stereocenters. The zero-order valence-electron chi connectivity index (χ0n) is 14.4. The summed E-state index contributed by atoms with van der Waals surface area (Å²) in [6.45, 7) is 9.24. The summed E-state index contributed by atoms with van der Waals surface area (Å²) in [6.07, 6.45) is 3.90. The third-order valence-corrected chi connectivity index (χ3v) is 5.32. The molecule has 2 aromatic rings. The Kier molecular flexibility index (Phi) is 4.12. The number of hydrogen-bond donors (Lipinski definition) is 0. The van der Waals surface area contributed by atoms with Gasteiger partial charge in [0.2, 0.25) is 0 Å². The largest absolute Gasteiger partial charge is 0.0620 e. The van der Waals surface area contributed by atoms with E-state index >= 15 is 0 Å². The van der Waals surface area contributed by atoms with Gasteiger partial charge >= 0.3 is 0 Å². The van der Waals surface area contributed by atoms with E-state index in [0.29, 0.717) is 11.8 Å². The summed E-state index contributed by atoms with van der Waals surface area (Å²) in [5, 5.41) is 0. The minimum atomic E-state index is 0.235. The highest BCUT2D eigenvalue weighted by Crippen LogP contribution is 2.41. The maximum atomic E-state index is 2.40. The second kappa shape index (κ2) is 5.91. The van der Waals surface area contributed by atoms with Crippen LogP contribution in [0.3, 0.4) is 0 Å². The fourth-order valence-electron chi connectivity index (χ4n) is 3.83. The zero-order valence-corrected chi connectivity index (χ0v) is 14.4. The van der Waals surface area contributed by atoms with Crippen molar-refractivity contribution in [2.24, 2.45) is 0 Å². The van der Waals surface area contributed by atoms with Crippen molar-refractivity contribution >= 4 is 0 Å². The lowest BCUT2D eigenvalue weighted by Gasteiger charge is -2.31. The highest BCUT2D eigenvalue weighted by Gasteiger charge is 2.26. The molecule has 3 rings (SSSR count). The molecule has 2 aromatic carbocycles. The summed E-state index contributed by atoms with van der Waals surface area (Å²) in [4.78, 5) is 0. The molecular formula is C22H28. The third kappa shape index (κ3) is 2.97. The highest BCUT2D eigenvalue weighted by atomic mass is 14.3. The molecule has 0 radical (unpaired) electrons. The van der Waals surface area contributed by atoms with E-state index in [0.717, 1.165) is 0 Å². The Morgan fingerprint density at radius 3 is 2.32 bits per heavy atom. The van der Waals surface area contributed by atoms with E-state index in [1.54, 1.807) is 11.1 Å². The highest BCUT2D eigenvalue weighted by molar-refractivity contribution is 5.37. The molecule has 116 valence electrons. The van der Waals surface area contributed by atoms with Crippen molar-refractivity contribution in [2.75, 3.05) is 0 Å². The Hall–Kier alpha value is -1.56. The van der Waals surface area contributed by atoms with Gasteiger partial charge in [-0.15, -0.1) is 0 Å². The minimum Gasteiger partial charge on any atom is -0.0620 e. The van der Waals surface area contributed by atoms with E-state index < -0.39 is 0 Å². The number of aryl methyl sites for hydroxylation is 1. The summed E-state index contributed by atoms with van der Waals surface area (Å²) in [5.74, 6) is 1.26. The van der Waals surface area contributed by atoms with Crippen LogP contribution < -0.4 is 0 Å². The molecule has 0 aromatic heterocycles. The van der Waals surface area contributed by atoms with Crippen molar-refractivity contribution in [1.29, 1.82) is 0 Å². The molecule has 0 aliphatic heterocycles. The fraction of sp³-hybridized carbons (Fsp3) is 0.455. The van der Waals surface area contributed by atoms with Gasteiger partial charge in [-0.1, -0.05) is 76.2 Å². The predicted molar refractivity (Wildman–Crippen MR) is 95.7 cm³/mol. The molecule has 0 bridgehead atoms. The Bertz CT molecular complexity index is 628. The lowest BCUT2D eigenvalue weighted by molar-refractivity contribution is 0.487. The van der Waals surface area contributed by atoms with E-state index in [1.807, 2.05) is 0 Å². The normalized spacial score (nSPS) is 19.5. The summed E-state index contributed by atoms with van der Waals surface area (Å²) in [7, 11) is 0. The molecule has 0 heteroatoms. The van der Waals surface area contributed by atoms with Gasteiger partial charge in [0, 0.05) is 0 Å². The Morgan fingerprint density at radius 2 is 1.64 bits per heavy atom. The molecule has 2 atom stereocenters. The van der Waals surface area contributed by atoms with Crippen molar-refractivity contribution in [3.05, 3.63) is 70.8 Å². The number of rotatable bonds is 2. The first-order valence-electron chi connectivity index (χ1n) is 8.65. The predicted octanol–water partition coefficient (Wildman–Crippen LogP) is 6.21. The Morgan fingerprint density at radius 1 is 0.955 bits per heavy atom. The number of hydrogen-bond acceptors (Lipinski definition) is 0. The molecule has 1 aliphatic rings. The Labute approximate surface area is 135 Å². The van der Waals surface area contributed by atoms with Crippen molar-refractivity contribution in [1.82, 2.24) is 0 Å². The van der Waals surface area contributed by atoms with Crippen molar-refractivity contribution in [2.45, 2.75) is 64.2 Å². The fourth-order valence-corrected chi connectivity index (χ4v) is 3.83. The van der Waals surface area contributed by atoms with E-state index in [4.69, 9.17) is 0 Å². The van der Waals surface area contributed by atoms with E-state index in [2.05, 4.69) is 76.2 Å². The number of fused-ring (bicyclic) bond motifs is 1. The quantitative estimate of drug-likeness (QED) is 0.617. The summed E-state index contributed by atoms with van der Waals surface area (Å²) in [5.41, 5.74) is 6.29. The van der Waals surface area contributed by atoms with Gasteiger partial charge in [-0.25, -0.2) is 0 Å². The molecule has 0 N–H and O–H groups in total. The summed E-state index contributed by atoms with van der Waals surface area (Å²) < 4.78 is 0. The van der Waals surface area contributed by atoms with Crippen LogP contribution in [0.4, 0.5) is 0 Å². The van der Waals surface area contributed by atoms with Crippen molar-refractivity contribution in [3.8, 4) is 0 Å². The molecule has 0 spiro atoms. The van der Waals surface area contributed by atoms with Crippen molar-refractivity contribution in [3.63, 3.8) is 0 Å². The van der Waals surface area contributed by atoms with Gasteiger partial charge in [0.05, 0.1) is 0 Å². The maximum Gasteiger partial charge on any atom is -0.00929 e. The molecule has 0 fully saturated rings. The molecule has 0 saturated heterocycles. The summed E-state index contributed by atoms with van der Waals surface area (Å²) >= 11 is 0. The second-order valence-electron chi connectivity index (χ2n) is 7.86. The smallest absolute Gasteiger partial charge is 0.00929 e. The first-order chi connectivity index (χ1) is 10.5. The lowest BCUT2D eigenvalue weighted by atomic mass is 9.74. The van der Waals surface area contributed by atoms with Crippen LogP contribution in [-0.2, 0) is 11.8 Å². The van der Waals surface area contributed by atoms with Crippen LogP contribution in [0.15, 0.2) is 48.5 Å². The van der Waals surface area contributed by atoms with Gasteiger partial charge in [0.25, 0.3) is 0 Å². The van der Waals surface area contributed by atoms with Gasteiger partial charge in [-0.3, -0.25) is 0 Å².